The zero-order valence-corrected chi connectivity index (χ0v) is 14.0. The van der Waals surface area contributed by atoms with Crippen LogP contribution in [0.3, 0.4) is 0 Å². The fraction of sp³-hybridized carbons (Fsp3) is 1.00. The molecule has 1 heterocycles. The second-order valence-electron chi connectivity index (χ2n) is 6.70. The topological polar surface area (TPSA) is 26.7 Å². The number of aliphatic hydroxyl groups excluding tert-OH is 1. The van der Waals surface area contributed by atoms with E-state index in [0.29, 0.717) is 12.5 Å². The summed E-state index contributed by atoms with van der Waals surface area (Å²) in [5, 5.41) is 9.22. The zero-order chi connectivity index (χ0) is 14.8. The van der Waals surface area contributed by atoms with Gasteiger partial charge in [-0.2, -0.15) is 0 Å². The molecule has 1 unspecified atom stereocenters. The van der Waals surface area contributed by atoms with Crippen LogP contribution in [0.15, 0.2) is 0 Å². The van der Waals surface area contributed by atoms with Gasteiger partial charge in [0, 0.05) is 6.61 Å². The van der Waals surface area contributed by atoms with E-state index in [4.69, 9.17) is 0 Å². The van der Waals surface area contributed by atoms with Crippen molar-refractivity contribution < 1.29 is 5.11 Å². The van der Waals surface area contributed by atoms with Gasteiger partial charge in [0.15, 0.2) is 0 Å². The van der Waals surface area contributed by atoms with Gasteiger partial charge in [0.05, 0.1) is 0 Å². The highest BCUT2D eigenvalue weighted by Gasteiger charge is 2.22. The van der Waals surface area contributed by atoms with E-state index in [2.05, 4.69) is 30.7 Å². The summed E-state index contributed by atoms with van der Waals surface area (Å²) in [7, 11) is 2.25. The number of aliphatic hydroxyl groups is 1. The molecule has 0 saturated carbocycles. The molecule has 0 spiro atoms. The summed E-state index contributed by atoms with van der Waals surface area (Å²) in [4.78, 5) is 5.09. The molecule has 20 heavy (non-hydrogen) atoms. The first-order valence-corrected chi connectivity index (χ1v) is 8.69. The lowest BCUT2D eigenvalue weighted by Crippen LogP contribution is -2.37. The third kappa shape index (κ3) is 7.05. The third-order valence-electron chi connectivity index (χ3n) is 4.88. The zero-order valence-electron chi connectivity index (χ0n) is 14.0. The fourth-order valence-corrected chi connectivity index (χ4v) is 3.15. The lowest BCUT2D eigenvalue weighted by molar-refractivity contribution is 0.114. The Hall–Kier alpha value is -0.120. The molecule has 3 nitrogen and oxygen atoms in total. The molecule has 0 radical (unpaired) electrons. The minimum atomic E-state index is 0.356. The smallest absolute Gasteiger partial charge is 0.0459 e. The van der Waals surface area contributed by atoms with E-state index in [-0.39, 0.29) is 0 Å². The lowest BCUT2D eigenvalue weighted by atomic mass is 9.86. The summed E-state index contributed by atoms with van der Waals surface area (Å²) in [5.41, 5.74) is 0. The van der Waals surface area contributed by atoms with Crippen LogP contribution in [0.2, 0.25) is 0 Å². The van der Waals surface area contributed by atoms with Gasteiger partial charge >= 0.3 is 0 Å². The molecule has 0 aromatic carbocycles. The second-order valence-corrected chi connectivity index (χ2v) is 6.70. The number of likely N-dealkylation sites (tertiary alicyclic amines) is 1. The quantitative estimate of drug-likeness (QED) is 0.625. The van der Waals surface area contributed by atoms with Crippen molar-refractivity contribution in [2.75, 3.05) is 46.4 Å². The molecule has 0 amide bonds. The maximum absolute atomic E-state index is 9.22. The predicted molar refractivity (Wildman–Crippen MR) is 87.1 cm³/mol. The first-order chi connectivity index (χ1) is 9.67. The molecule has 0 aliphatic carbocycles. The highest BCUT2D eigenvalue weighted by atomic mass is 16.3. The van der Waals surface area contributed by atoms with E-state index in [1.165, 1.54) is 71.2 Å². The van der Waals surface area contributed by atoms with Gasteiger partial charge in [0.2, 0.25) is 0 Å². The summed E-state index contributed by atoms with van der Waals surface area (Å²) in [6, 6.07) is 0. The number of hydrogen-bond acceptors (Lipinski definition) is 3. The van der Waals surface area contributed by atoms with E-state index in [1.54, 1.807) is 0 Å². The largest absolute Gasteiger partial charge is 0.396 e. The first kappa shape index (κ1) is 17.9. The van der Waals surface area contributed by atoms with Crippen molar-refractivity contribution in [3.05, 3.63) is 0 Å². The lowest BCUT2D eigenvalue weighted by Gasteiger charge is -2.34. The Morgan fingerprint density at radius 1 is 1.15 bits per heavy atom. The summed E-state index contributed by atoms with van der Waals surface area (Å²) in [5.74, 6) is 1.24. The Labute approximate surface area is 126 Å². The SMILES string of the molecule is CCCCN(C)CCCCN1CCC(C(C)CO)CC1. The molecule has 1 rings (SSSR count). The van der Waals surface area contributed by atoms with Crippen molar-refractivity contribution in [2.45, 2.75) is 52.4 Å². The number of hydrogen-bond donors (Lipinski definition) is 1. The Morgan fingerprint density at radius 3 is 2.40 bits per heavy atom. The van der Waals surface area contributed by atoms with Crippen molar-refractivity contribution in [1.29, 1.82) is 0 Å². The van der Waals surface area contributed by atoms with E-state index < -0.39 is 0 Å². The van der Waals surface area contributed by atoms with Crippen LogP contribution in [0.4, 0.5) is 0 Å². The van der Waals surface area contributed by atoms with E-state index in [0.717, 1.165) is 5.92 Å². The highest BCUT2D eigenvalue weighted by Crippen LogP contribution is 2.24. The number of unbranched alkanes of at least 4 members (excludes halogenated alkanes) is 2. The van der Waals surface area contributed by atoms with Crippen LogP contribution in [0.5, 0.6) is 0 Å². The van der Waals surface area contributed by atoms with Crippen LogP contribution in [-0.2, 0) is 0 Å². The average Bonchev–Trinajstić information content (AvgIpc) is 2.49. The van der Waals surface area contributed by atoms with Crippen LogP contribution in [0, 0.1) is 11.8 Å². The normalized spacial score (nSPS) is 19.6. The van der Waals surface area contributed by atoms with Gasteiger partial charge in [-0.3, -0.25) is 0 Å². The molecule has 0 aromatic rings. The van der Waals surface area contributed by atoms with Gasteiger partial charge in [0.25, 0.3) is 0 Å². The van der Waals surface area contributed by atoms with Gasteiger partial charge in [-0.05, 0) is 83.7 Å². The fourth-order valence-electron chi connectivity index (χ4n) is 3.15. The Bertz CT molecular complexity index is 227. The van der Waals surface area contributed by atoms with Crippen LogP contribution >= 0.6 is 0 Å². The summed E-state index contributed by atoms with van der Waals surface area (Å²) in [6.45, 7) is 11.0. The third-order valence-corrected chi connectivity index (χ3v) is 4.88. The predicted octanol–water partition coefficient (Wildman–Crippen LogP) is 2.84. The molecule has 1 saturated heterocycles. The maximum atomic E-state index is 9.22. The molecular formula is C17H36N2O. The highest BCUT2D eigenvalue weighted by molar-refractivity contribution is 4.75. The second kappa shape index (κ2) is 10.6. The molecule has 1 atom stereocenters. The molecule has 0 bridgehead atoms. The van der Waals surface area contributed by atoms with Crippen molar-refractivity contribution in [3.8, 4) is 0 Å². The maximum Gasteiger partial charge on any atom is 0.0459 e. The summed E-state index contributed by atoms with van der Waals surface area (Å²) >= 11 is 0. The van der Waals surface area contributed by atoms with E-state index >= 15 is 0 Å². The van der Waals surface area contributed by atoms with E-state index in [9.17, 15) is 5.11 Å². The minimum Gasteiger partial charge on any atom is -0.396 e. The van der Waals surface area contributed by atoms with Crippen molar-refractivity contribution in [2.24, 2.45) is 11.8 Å². The van der Waals surface area contributed by atoms with Crippen LogP contribution < -0.4 is 0 Å². The number of nitrogens with zero attached hydrogens (tertiary/aromatic N) is 2. The van der Waals surface area contributed by atoms with Gasteiger partial charge in [0.1, 0.15) is 0 Å². The van der Waals surface area contributed by atoms with Crippen molar-refractivity contribution >= 4 is 0 Å². The monoisotopic (exact) mass is 284 g/mol. The molecular weight excluding hydrogens is 248 g/mol. The van der Waals surface area contributed by atoms with Gasteiger partial charge in [-0.1, -0.05) is 20.3 Å². The first-order valence-electron chi connectivity index (χ1n) is 8.69. The molecule has 1 aliphatic heterocycles. The standard InChI is InChI=1S/C17H36N2O/c1-4-5-10-18(3)11-6-7-12-19-13-8-17(9-14-19)16(2)15-20/h16-17,20H,4-15H2,1-3H3. The Balaban J connectivity index is 2.01. The number of rotatable bonds is 10. The van der Waals surface area contributed by atoms with Crippen LogP contribution in [-0.4, -0.2) is 61.3 Å². The average molecular weight is 284 g/mol. The minimum absolute atomic E-state index is 0.356. The van der Waals surface area contributed by atoms with Gasteiger partial charge < -0.3 is 14.9 Å². The Morgan fingerprint density at radius 2 is 1.80 bits per heavy atom. The molecule has 1 aliphatic rings. The van der Waals surface area contributed by atoms with Crippen LogP contribution in [0.1, 0.15) is 52.4 Å². The molecule has 1 N–H and O–H groups in total. The van der Waals surface area contributed by atoms with Crippen LogP contribution in [0.25, 0.3) is 0 Å². The van der Waals surface area contributed by atoms with Gasteiger partial charge in [-0.25, -0.2) is 0 Å². The van der Waals surface area contributed by atoms with Crippen molar-refractivity contribution in [3.63, 3.8) is 0 Å². The number of piperidine rings is 1. The van der Waals surface area contributed by atoms with Crippen molar-refractivity contribution in [1.82, 2.24) is 9.80 Å². The Kier molecular flexibility index (Phi) is 9.49. The summed E-state index contributed by atoms with van der Waals surface area (Å²) < 4.78 is 0. The molecule has 120 valence electrons. The molecule has 3 heteroatoms. The molecule has 1 fully saturated rings. The summed E-state index contributed by atoms with van der Waals surface area (Å²) in [6.07, 6.45) is 7.83. The molecule has 0 aromatic heterocycles. The van der Waals surface area contributed by atoms with E-state index in [1.807, 2.05) is 0 Å². The van der Waals surface area contributed by atoms with Gasteiger partial charge in [-0.15, -0.1) is 0 Å².